The van der Waals surface area contributed by atoms with Crippen LogP contribution >= 0.6 is 0 Å². The van der Waals surface area contributed by atoms with Gasteiger partial charge in [-0.15, -0.1) is 0 Å². The number of nitrogens with two attached hydrogens (primary N) is 1. The molecular formula is C10H11FN6O2S. The topological polar surface area (TPSA) is 144 Å². The molecule has 0 aliphatic rings. The molecule has 0 heterocycles. The monoisotopic (exact) mass is 298 g/mol. The predicted molar refractivity (Wildman–Crippen MR) is 71.2 cm³/mol. The van der Waals surface area contributed by atoms with Gasteiger partial charge in [-0.05, 0) is 25.2 Å². The van der Waals surface area contributed by atoms with Crippen LogP contribution in [0.25, 0.3) is 0 Å². The molecule has 0 fully saturated rings. The van der Waals surface area contributed by atoms with E-state index in [9.17, 15) is 12.8 Å². The number of amidine groups is 1. The first kappa shape index (κ1) is 15.5. The van der Waals surface area contributed by atoms with Gasteiger partial charge in [0.2, 0.25) is 15.7 Å². The van der Waals surface area contributed by atoms with Crippen molar-refractivity contribution in [2.45, 2.75) is 4.90 Å². The number of rotatable bonds is 5. The normalized spacial score (nSPS) is 11.8. The number of halogens is 1. The lowest BCUT2D eigenvalue weighted by atomic mass is 10.3. The number of hydrogen-bond donors (Lipinski definition) is 4. The molecule has 0 bridgehead atoms. The molecule has 20 heavy (non-hydrogen) atoms. The lowest BCUT2D eigenvalue weighted by molar-refractivity contribution is 0.561. The fraction of sp³-hybridized carbons (Fsp3) is 0.100. The van der Waals surface area contributed by atoms with Gasteiger partial charge in [0.05, 0.1) is 5.69 Å². The molecule has 0 aromatic heterocycles. The molecule has 0 aliphatic carbocycles. The molecule has 0 saturated carbocycles. The minimum atomic E-state index is -3.96. The second-order valence-electron chi connectivity index (χ2n) is 3.45. The Morgan fingerprint density at radius 3 is 2.70 bits per heavy atom. The Kier molecular flexibility index (Phi) is 4.73. The van der Waals surface area contributed by atoms with Crippen molar-refractivity contribution in [3.8, 4) is 6.07 Å². The molecule has 10 heteroatoms. The predicted octanol–water partition coefficient (Wildman–Crippen LogP) is -0.0388. The zero-order valence-corrected chi connectivity index (χ0v) is 11.1. The average Bonchev–Trinajstić information content (AvgIpc) is 2.40. The summed E-state index contributed by atoms with van der Waals surface area (Å²) in [5.41, 5.74) is 7.14. The number of benzene rings is 1. The zero-order valence-electron chi connectivity index (χ0n) is 10.3. The summed E-state index contributed by atoms with van der Waals surface area (Å²) < 4.78 is 38.5. The van der Waals surface area contributed by atoms with Crippen molar-refractivity contribution in [2.24, 2.45) is 10.8 Å². The summed E-state index contributed by atoms with van der Waals surface area (Å²) in [7, 11) is -2.81. The highest BCUT2D eigenvalue weighted by atomic mass is 32.2. The molecule has 0 unspecified atom stereocenters. The van der Waals surface area contributed by atoms with E-state index in [-0.39, 0.29) is 11.4 Å². The summed E-state index contributed by atoms with van der Waals surface area (Å²) in [4.78, 5) is -0.568. The van der Waals surface area contributed by atoms with E-state index < -0.39 is 26.6 Å². The highest BCUT2D eigenvalue weighted by Gasteiger charge is 2.17. The maximum Gasteiger partial charge on any atom is 0.243 e. The van der Waals surface area contributed by atoms with E-state index in [2.05, 4.69) is 10.5 Å². The fourth-order valence-corrected chi connectivity index (χ4v) is 1.98. The van der Waals surface area contributed by atoms with Crippen LogP contribution < -0.4 is 15.9 Å². The summed E-state index contributed by atoms with van der Waals surface area (Å²) in [5.74, 6) is -1.48. The molecule has 0 radical (unpaired) electrons. The van der Waals surface area contributed by atoms with Gasteiger partial charge in [-0.25, -0.2) is 17.5 Å². The number of nitrogens with zero attached hydrogens (tertiary/aromatic N) is 2. The van der Waals surface area contributed by atoms with Crippen LogP contribution in [0.5, 0.6) is 0 Å². The molecule has 0 atom stereocenters. The standard InChI is InChI=1S/C10H11FN6O2S/c1-15-20(18,19)9-4-6(2-3-7(9)11)16-17-8(5-12)10(13)14/h2-4,15-16H,1H3,(H3,13,14)/b17-8+. The minimum Gasteiger partial charge on any atom is -0.382 e. The lowest BCUT2D eigenvalue weighted by Crippen LogP contribution is -2.22. The summed E-state index contributed by atoms with van der Waals surface area (Å²) in [5, 5.41) is 19.2. The Labute approximate surface area is 114 Å². The molecule has 1 aromatic carbocycles. The van der Waals surface area contributed by atoms with E-state index in [1.54, 1.807) is 6.07 Å². The van der Waals surface area contributed by atoms with Crippen LogP contribution in [-0.2, 0) is 10.0 Å². The molecular weight excluding hydrogens is 287 g/mol. The lowest BCUT2D eigenvalue weighted by Gasteiger charge is -2.07. The minimum absolute atomic E-state index is 0.120. The molecule has 0 spiro atoms. The van der Waals surface area contributed by atoms with E-state index in [0.717, 1.165) is 19.2 Å². The fourth-order valence-electron chi connectivity index (χ4n) is 1.15. The van der Waals surface area contributed by atoms with Crippen molar-refractivity contribution >= 4 is 27.3 Å². The second kappa shape index (κ2) is 6.09. The van der Waals surface area contributed by atoms with E-state index in [0.29, 0.717) is 0 Å². The number of anilines is 1. The van der Waals surface area contributed by atoms with Gasteiger partial charge in [0.1, 0.15) is 16.8 Å². The third kappa shape index (κ3) is 3.50. The number of hydrazone groups is 1. The van der Waals surface area contributed by atoms with Crippen LogP contribution in [0.4, 0.5) is 10.1 Å². The molecule has 0 saturated heterocycles. The maximum absolute atomic E-state index is 13.5. The smallest absolute Gasteiger partial charge is 0.243 e. The van der Waals surface area contributed by atoms with Gasteiger partial charge in [0.15, 0.2) is 5.84 Å². The van der Waals surface area contributed by atoms with Gasteiger partial charge in [0.25, 0.3) is 0 Å². The van der Waals surface area contributed by atoms with Crippen LogP contribution in [0.3, 0.4) is 0 Å². The second-order valence-corrected chi connectivity index (χ2v) is 5.31. The number of hydrogen-bond acceptors (Lipinski definition) is 6. The maximum atomic E-state index is 13.5. The van der Waals surface area contributed by atoms with Crippen LogP contribution in [-0.4, -0.2) is 27.0 Å². The van der Waals surface area contributed by atoms with E-state index in [1.807, 2.05) is 4.72 Å². The number of nitrogens with one attached hydrogen (secondary N) is 3. The van der Waals surface area contributed by atoms with Crippen LogP contribution in [0.2, 0.25) is 0 Å². The van der Waals surface area contributed by atoms with Crippen molar-refractivity contribution in [1.82, 2.24) is 4.72 Å². The number of sulfonamides is 1. The largest absolute Gasteiger partial charge is 0.382 e. The Hall–Kier alpha value is -2.51. The van der Waals surface area contributed by atoms with Crippen molar-refractivity contribution in [1.29, 1.82) is 10.7 Å². The van der Waals surface area contributed by atoms with E-state index in [1.165, 1.54) is 6.07 Å². The quantitative estimate of drug-likeness (QED) is 0.342. The molecule has 1 rings (SSSR count). The Morgan fingerprint density at radius 1 is 1.55 bits per heavy atom. The van der Waals surface area contributed by atoms with Crippen molar-refractivity contribution in [3.63, 3.8) is 0 Å². The highest BCUT2D eigenvalue weighted by Crippen LogP contribution is 2.19. The molecule has 0 amide bonds. The van der Waals surface area contributed by atoms with Gasteiger partial charge in [0, 0.05) is 0 Å². The average molecular weight is 298 g/mol. The van der Waals surface area contributed by atoms with Gasteiger partial charge >= 0.3 is 0 Å². The Balaban J connectivity index is 3.16. The first-order valence-electron chi connectivity index (χ1n) is 5.13. The zero-order chi connectivity index (χ0) is 15.3. The molecule has 106 valence electrons. The molecule has 5 N–H and O–H groups in total. The van der Waals surface area contributed by atoms with E-state index in [4.69, 9.17) is 16.4 Å². The number of nitriles is 1. The Bertz CT molecular complexity index is 707. The Morgan fingerprint density at radius 2 is 2.20 bits per heavy atom. The van der Waals surface area contributed by atoms with Crippen molar-refractivity contribution in [3.05, 3.63) is 24.0 Å². The van der Waals surface area contributed by atoms with Crippen molar-refractivity contribution in [2.75, 3.05) is 12.5 Å². The van der Waals surface area contributed by atoms with Gasteiger partial charge in [-0.2, -0.15) is 10.4 Å². The summed E-state index contributed by atoms with van der Waals surface area (Å²) in [6.45, 7) is 0. The van der Waals surface area contributed by atoms with Gasteiger partial charge in [-0.1, -0.05) is 0 Å². The molecule has 1 aromatic rings. The van der Waals surface area contributed by atoms with Gasteiger partial charge in [-0.3, -0.25) is 10.8 Å². The summed E-state index contributed by atoms with van der Waals surface area (Å²) >= 11 is 0. The summed E-state index contributed by atoms with van der Waals surface area (Å²) in [6.07, 6.45) is 0. The van der Waals surface area contributed by atoms with Crippen LogP contribution in [0.15, 0.2) is 28.2 Å². The first-order chi connectivity index (χ1) is 9.31. The van der Waals surface area contributed by atoms with E-state index >= 15 is 0 Å². The van der Waals surface area contributed by atoms with Crippen molar-refractivity contribution < 1.29 is 12.8 Å². The third-order valence-corrected chi connectivity index (χ3v) is 3.58. The summed E-state index contributed by atoms with van der Waals surface area (Å²) in [6, 6.07) is 4.73. The first-order valence-corrected chi connectivity index (χ1v) is 6.61. The highest BCUT2D eigenvalue weighted by molar-refractivity contribution is 7.89. The van der Waals surface area contributed by atoms with Crippen LogP contribution in [0, 0.1) is 22.6 Å². The molecule has 8 nitrogen and oxygen atoms in total. The van der Waals surface area contributed by atoms with Gasteiger partial charge < -0.3 is 5.73 Å². The SMILES string of the molecule is CNS(=O)(=O)c1cc(N/N=C(\C#N)C(=N)N)ccc1F. The van der Waals surface area contributed by atoms with Crippen LogP contribution in [0.1, 0.15) is 0 Å². The third-order valence-electron chi connectivity index (χ3n) is 2.15. The molecule has 0 aliphatic heterocycles.